The molecule has 6 heteroatoms. The van der Waals surface area contributed by atoms with Crippen LogP contribution in [-0.4, -0.2) is 19.6 Å². The lowest BCUT2D eigenvalue weighted by atomic mass is 10.1. The van der Waals surface area contributed by atoms with Crippen LogP contribution in [0.5, 0.6) is 5.75 Å². The van der Waals surface area contributed by atoms with E-state index >= 15 is 0 Å². The number of alkyl halides is 2. The zero-order valence-corrected chi connectivity index (χ0v) is 12.7. The average molecular weight is 320 g/mol. The van der Waals surface area contributed by atoms with E-state index < -0.39 is 6.61 Å². The van der Waals surface area contributed by atoms with Crippen LogP contribution < -0.4 is 15.4 Å². The van der Waals surface area contributed by atoms with Crippen molar-refractivity contribution in [1.29, 1.82) is 0 Å². The molecular formula is C17H18F2N2O2. The van der Waals surface area contributed by atoms with Gasteiger partial charge in [0.1, 0.15) is 5.75 Å². The van der Waals surface area contributed by atoms with Gasteiger partial charge in [-0.15, -0.1) is 0 Å². The van der Waals surface area contributed by atoms with E-state index in [9.17, 15) is 13.6 Å². The molecule has 0 spiro atoms. The second-order valence-corrected chi connectivity index (χ2v) is 4.90. The van der Waals surface area contributed by atoms with Crippen molar-refractivity contribution in [1.82, 2.24) is 10.6 Å². The van der Waals surface area contributed by atoms with E-state index in [1.165, 1.54) is 12.1 Å². The van der Waals surface area contributed by atoms with Crippen molar-refractivity contribution in [3.05, 3.63) is 65.2 Å². The van der Waals surface area contributed by atoms with Gasteiger partial charge in [0.05, 0.1) is 0 Å². The molecule has 0 aliphatic rings. The van der Waals surface area contributed by atoms with Crippen LogP contribution in [0.3, 0.4) is 0 Å². The summed E-state index contributed by atoms with van der Waals surface area (Å²) in [7, 11) is 1.59. The molecule has 0 aromatic heterocycles. The molecule has 0 aliphatic carbocycles. The van der Waals surface area contributed by atoms with E-state index in [0.717, 1.165) is 11.1 Å². The van der Waals surface area contributed by atoms with Crippen molar-refractivity contribution >= 4 is 5.91 Å². The molecule has 0 unspecified atom stereocenters. The summed E-state index contributed by atoms with van der Waals surface area (Å²) in [6.07, 6.45) is 0. The van der Waals surface area contributed by atoms with Gasteiger partial charge in [0.15, 0.2) is 0 Å². The summed E-state index contributed by atoms with van der Waals surface area (Å²) in [5, 5.41) is 5.82. The zero-order valence-electron chi connectivity index (χ0n) is 12.7. The zero-order chi connectivity index (χ0) is 16.7. The first-order chi connectivity index (χ1) is 11.1. The Hall–Kier alpha value is -2.47. The topological polar surface area (TPSA) is 50.4 Å². The molecule has 0 saturated carbocycles. The Morgan fingerprint density at radius 1 is 1.00 bits per heavy atom. The summed E-state index contributed by atoms with van der Waals surface area (Å²) < 4.78 is 28.4. The van der Waals surface area contributed by atoms with E-state index in [2.05, 4.69) is 15.4 Å². The molecule has 2 rings (SSSR count). The lowest BCUT2D eigenvalue weighted by molar-refractivity contribution is -0.0498. The number of carbonyl (C=O) groups excluding carboxylic acids is 1. The Kier molecular flexibility index (Phi) is 6.05. The molecular weight excluding hydrogens is 302 g/mol. The Bertz CT molecular complexity index is 628. The van der Waals surface area contributed by atoms with Crippen LogP contribution in [0.2, 0.25) is 0 Å². The molecule has 2 N–H and O–H groups in total. The minimum Gasteiger partial charge on any atom is -0.435 e. The normalized spacial score (nSPS) is 10.6. The van der Waals surface area contributed by atoms with Crippen molar-refractivity contribution in [3.63, 3.8) is 0 Å². The van der Waals surface area contributed by atoms with Gasteiger partial charge in [0.25, 0.3) is 5.91 Å². The van der Waals surface area contributed by atoms with Gasteiger partial charge in [-0.2, -0.15) is 8.78 Å². The molecule has 122 valence electrons. The number of halogens is 2. The molecule has 1 amide bonds. The second kappa shape index (κ2) is 8.24. The highest BCUT2D eigenvalue weighted by atomic mass is 19.3. The van der Waals surface area contributed by atoms with Gasteiger partial charge < -0.3 is 15.4 Å². The summed E-state index contributed by atoms with van der Waals surface area (Å²) in [6.45, 7) is -1.56. The number of carbonyl (C=O) groups is 1. The quantitative estimate of drug-likeness (QED) is 0.825. The van der Waals surface area contributed by atoms with Gasteiger partial charge in [0.2, 0.25) is 0 Å². The molecule has 23 heavy (non-hydrogen) atoms. The fourth-order valence-corrected chi connectivity index (χ4v) is 2.06. The van der Waals surface area contributed by atoms with Crippen LogP contribution in [0.1, 0.15) is 21.5 Å². The largest absolute Gasteiger partial charge is 0.435 e. The van der Waals surface area contributed by atoms with Crippen LogP contribution in [0.15, 0.2) is 48.5 Å². The van der Waals surface area contributed by atoms with Crippen molar-refractivity contribution in [2.75, 3.05) is 7.05 Å². The molecule has 2 aromatic carbocycles. The molecule has 0 heterocycles. The number of rotatable bonds is 7. The SMILES string of the molecule is CNC(=O)c1ccc(CNCc2ccc(OC(F)F)cc2)cc1. The maximum Gasteiger partial charge on any atom is 0.387 e. The fourth-order valence-electron chi connectivity index (χ4n) is 2.06. The number of hydrogen-bond donors (Lipinski definition) is 2. The Morgan fingerprint density at radius 2 is 1.52 bits per heavy atom. The first-order valence-corrected chi connectivity index (χ1v) is 7.14. The van der Waals surface area contributed by atoms with Gasteiger partial charge in [-0.05, 0) is 35.4 Å². The van der Waals surface area contributed by atoms with Crippen LogP contribution in [0.25, 0.3) is 0 Å². The summed E-state index contributed by atoms with van der Waals surface area (Å²) in [6, 6.07) is 13.8. The van der Waals surface area contributed by atoms with Gasteiger partial charge in [-0.1, -0.05) is 24.3 Å². The van der Waals surface area contributed by atoms with E-state index in [4.69, 9.17) is 0 Å². The number of hydrogen-bond acceptors (Lipinski definition) is 3. The first kappa shape index (κ1) is 16.9. The number of amides is 1. The monoisotopic (exact) mass is 320 g/mol. The number of ether oxygens (including phenoxy) is 1. The first-order valence-electron chi connectivity index (χ1n) is 7.14. The summed E-state index contributed by atoms with van der Waals surface area (Å²) in [5.41, 5.74) is 2.63. The van der Waals surface area contributed by atoms with Crippen LogP contribution in [0.4, 0.5) is 8.78 Å². The van der Waals surface area contributed by atoms with E-state index in [1.54, 1.807) is 31.3 Å². The van der Waals surface area contributed by atoms with Crippen molar-refractivity contribution in [2.24, 2.45) is 0 Å². The van der Waals surface area contributed by atoms with Gasteiger partial charge in [0, 0.05) is 25.7 Å². The van der Waals surface area contributed by atoms with E-state index in [1.807, 2.05) is 12.1 Å². The Morgan fingerprint density at radius 3 is 2.00 bits per heavy atom. The minimum absolute atomic E-state index is 0.115. The molecule has 0 fully saturated rings. The second-order valence-electron chi connectivity index (χ2n) is 4.90. The maximum atomic E-state index is 12.1. The third-order valence-electron chi connectivity index (χ3n) is 3.25. The predicted molar refractivity (Wildman–Crippen MR) is 83.4 cm³/mol. The molecule has 2 aromatic rings. The number of benzene rings is 2. The van der Waals surface area contributed by atoms with Crippen LogP contribution >= 0.6 is 0 Å². The van der Waals surface area contributed by atoms with E-state index in [-0.39, 0.29) is 11.7 Å². The molecule has 0 bridgehead atoms. The average Bonchev–Trinajstić information content (AvgIpc) is 2.56. The van der Waals surface area contributed by atoms with Crippen molar-refractivity contribution in [3.8, 4) is 5.75 Å². The third-order valence-corrected chi connectivity index (χ3v) is 3.25. The van der Waals surface area contributed by atoms with E-state index in [0.29, 0.717) is 18.7 Å². The van der Waals surface area contributed by atoms with Gasteiger partial charge >= 0.3 is 6.61 Å². The van der Waals surface area contributed by atoms with Crippen molar-refractivity contribution in [2.45, 2.75) is 19.7 Å². The predicted octanol–water partition coefficient (Wildman–Crippen LogP) is 2.94. The highest BCUT2D eigenvalue weighted by Gasteiger charge is 2.04. The smallest absolute Gasteiger partial charge is 0.387 e. The van der Waals surface area contributed by atoms with Crippen LogP contribution in [-0.2, 0) is 13.1 Å². The summed E-state index contributed by atoms with van der Waals surface area (Å²) >= 11 is 0. The maximum absolute atomic E-state index is 12.1. The summed E-state index contributed by atoms with van der Waals surface area (Å²) in [5.74, 6) is 0.0316. The standard InChI is InChI=1S/C17H18F2N2O2/c1-20-16(22)14-6-2-12(3-7-14)10-21-11-13-4-8-15(9-5-13)23-17(18)19/h2-9,17,21H,10-11H2,1H3,(H,20,22). The number of nitrogens with one attached hydrogen (secondary N) is 2. The third kappa shape index (κ3) is 5.34. The minimum atomic E-state index is -2.81. The Labute approximate surface area is 133 Å². The van der Waals surface area contributed by atoms with Gasteiger partial charge in [-0.25, -0.2) is 0 Å². The molecule has 0 radical (unpaired) electrons. The molecule has 0 atom stereocenters. The fraction of sp³-hybridized carbons (Fsp3) is 0.235. The highest BCUT2D eigenvalue weighted by Crippen LogP contribution is 2.15. The van der Waals surface area contributed by atoms with Crippen molar-refractivity contribution < 1.29 is 18.3 Å². The highest BCUT2D eigenvalue weighted by molar-refractivity contribution is 5.93. The summed E-state index contributed by atoms with van der Waals surface area (Å²) in [4.78, 5) is 11.4. The Balaban J connectivity index is 1.81. The van der Waals surface area contributed by atoms with Crippen LogP contribution in [0, 0.1) is 0 Å². The van der Waals surface area contributed by atoms with Gasteiger partial charge in [-0.3, -0.25) is 4.79 Å². The lowest BCUT2D eigenvalue weighted by Crippen LogP contribution is -2.18. The molecule has 0 aliphatic heterocycles. The molecule has 0 saturated heterocycles. The molecule has 4 nitrogen and oxygen atoms in total. The lowest BCUT2D eigenvalue weighted by Gasteiger charge is -2.08.